The molecule has 0 aromatic carbocycles. The van der Waals surface area contributed by atoms with E-state index in [0.717, 1.165) is 29.8 Å². The van der Waals surface area contributed by atoms with Gasteiger partial charge in [0.25, 0.3) is 0 Å². The van der Waals surface area contributed by atoms with Crippen LogP contribution >= 0.6 is 11.6 Å². The van der Waals surface area contributed by atoms with Gasteiger partial charge >= 0.3 is 0 Å². The molecule has 2 aromatic heterocycles. The van der Waals surface area contributed by atoms with Crippen molar-refractivity contribution in [1.82, 2.24) is 9.97 Å². The Labute approximate surface area is 124 Å². The van der Waals surface area contributed by atoms with Crippen LogP contribution in [0.5, 0.6) is 0 Å². The number of aryl methyl sites for hydroxylation is 1. The number of pyridine rings is 2. The Morgan fingerprint density at radius 1 is 1.30 bits per heavy atom. The molecule has 0 unspecified atom stereocenters. The van der Waals surface area contributed by atoms with E-state index in [1.165, 1.54) is 0 Å². The number of anilines is 2. The minimum absolute atomic E-state index is 0.0138. The zero-order valence-corrected chi connectivity index (χ0v) is 12.5. The Bertz CT molecular complexity index is 569. The summed E-state index contributed by atoms with van der Waals surface area (Å²) in [5, 5.41) is 3.72. The van der Waals surface area contributed by atoms with Gasteiger partial charge in [0.15, 0.2) is 0 Å². The number of rotatable bonds is 5. The number of hydrogen-bond acceptors (Lipinski definition) is 4. The van der Waals surface area contributed by atoms with Crippen molar-refractivity contribution in [3.8, 4) is 0 Å². The van der Waals surface area contributed by atoms with Crippen LogP contribution in [0.4, 0.5) is 11.5 Å². The van der Waals surface area contributed by atoms with Gasteiger partial charge in [-0.25, -0.2) is 4.98 Å². The van der Waals surface area contributed by atoms with Crippen LogP contribution < -0.4 is 11.1 Å². The van der Waals surface area contributed by atoms with Crippen LogP contribution in [0, 0.1) is 6.92 Å². The summed E-state index contributed by atoms with van der Waals surface area (Å²) in [6.07, 6.45) is 5.49. The number of nitrogens with zero attached hydrogens (tertiary/aromatic N) is 2. The lowest BCUT2D eigenvalue weighted by atomic mass is 10.1. The van der Waals surface area contributed by atoms with Crippen LogP contribution in [0.1, 0.15) is 37.1 Å². The highest BCUT2D eigenvalue weighted by atomic mass is 35.5. The van der Waals surface area contributed by atoms with Crippen molar-refractivity contribution >= 4 is 23.1 Å². The number of hydrogen-bond donors (Lipinski definition) is 2. The van der Waals surface area contributed by atoms with Gasteiger partial charge in [-0.2, -0.15) is 0 Å². The van der Waals surface area contributed by atoms with E-state index in [1.807, 2.05) is 25.1 Å². The van der Waals surface area contributed by atoms with Crippen LogP contribution in [-0.4, -0.2) is 9.97 Å². The molecule has 4 nitrogen and oxygen atoms in total. The maximum absolute atomic E-state index is 6.25. The highest BCUT2D eigenvalue weighted by molar-refractivity contribution is 6.33. The predicted molar refractivity (Wildman–Crippen MR) is 83.3 cm³/mol. The molecule has 0 amide bonds. The summed E-state index contributed by atoms with van der Waals surface area (Å²) in [6, 6.07) is 5.73. The lowest BCUT2D eigenvalue weighted by molar-refractivity contribution is 0.636. The number of halogens is 1. The molecule has 106 valence electrons. The normalized spacial score (nSPS) is 12.2. The van der Waals surface area contributed by atoms with E-state index in [1.54, 1.807) is 12.4 Å². The van der Waals surface area contributed by atoms with Crippen LogP contribution in [0.25, 0.3) is 0 Å². The Kier molecular flexibility index (Phi) is 4.93. The fourth-order valence-electron chi connectivity index (χ4n) is 1.90. The van der Waals surface area contributed by atoms with Crippen molar-refractivity contribution in [3.05, 3.63) is 46.9 Å². The second-order valence-electron chi connectivity index (χ2n) is 4.81. The first kappa shape index (κ1) is 14.8. The summed E-state index contributed by atoms with van der Waals surface area (Å²) < 4.78 is 0. The summed E-state index contributed by atoms with van der Waals surface area (Å²) >= 11 is 6.25. The molecule has 3 N–H and O–H groups in total. The third-order valence-electron chi connectivity index (χ3n) is 3.06. The lowest BCUT2D eigenvalue weighted by Crippen LogP contribution is -2.10. The standard InChI is InChI=1S/C15H19ClN4/c1-3-4-14(17)11-7-13(16)15(19-8-11)20-12-6-5-10(2)18-9-12/h5-9,14H,3-4,17H2,1-2H3,(H,19,20)/t14-/m1/s1. The molecule has 0 fully saturated rings. The Balaban J connectivity index is 2.15. The highest BCUT2D eigenvalue weighted by Gasteiger charge is 2.09. The van der Waals surface area contributed by atoms with Gasteiger partial charge in [0, 0.05) is 17.9 Å². The quantitative estimate of drug-likeness (QED) is 0.874. The van der Waals surface area contributed by atoms with Crippen molar-refractivity contribution in [2.75, 3.05) is 5.32 Å². The zero-order valence-electron chi connectivity index (χ0n) is 11.7. The van der Waals surface area contributed by atoms with Crippen molar-refractivity contribution in [1.29, 1.82) is 0 Å². The molecule has 0 aliphatic heterocycles. The van der Waals surface area contributed by atoms with E-state index < -0.39 is 0 Å². The molecule has 2 rings (SSSR count). The Hall–Kier alpha value is -1.65. The smallest absolute Gasteiger partial charge is 0.149 e. The third kappa shape index (κ3) is 3.68. The van der Waals surface area contributed by atoms with Gasteiger partial charge in [-0.15, -0.1) is 0 Å². The molecular weight excluding hydrogens is 272 g/mol. The van der Waals surface area contributed by atoms with Crippen molar-refractivity contribution in [3.63, 3.8) is 0 Å². The van der Waals surface area contributed by atoms with E-state index in [9.17, 15) is 0 Å². The van der Waals surface area contributed by atoms with Gasteiger partial charge in [-0.3, -0.25) is 4.98 Å². The van der Waals surface area contributed by atoms with Gasteiger partial charge in [0.2, 0.25) is 0 Å². The molecule has 20 heavy (non-hydrogen) atoms. The third-order valence-corrected chi connectivity index (χ3v) is 3.35. The summed E-state index contributed by atoms with van der Waals surface area (Å²) in [6.45, 7) is 4.05. The summed E-state index contributed by atoms with van der Waals surface area (Å²) in [4.78, 5) is 8.57. The van der Waals surface area contributed by atoms with E-state index in [-0.39, 0.29) is 6.04 Å². The minimum Gasteiger partial charge on any atom is -0.338 e. The molecule has 0 saturated heterocycles. The van der Waals surface area contributed by atoms with Crippen LogP contribution in [0.2, 0.25) is 5.02 Å². The first-order valence-corrected chi connectivity index (χ1v) is 7.08. The number of aromatic nitrogens is 2. The number of nitrogens with two attached hydrogens (primary N) is 1. The van der Waals surface area contributed by atoms with Gasteiger partial charge in [-0.05, 0) is 37.1 Å². The van der Waals surface area contributed by atoms with Crippen LogP contribution in [-0.2, 0) is 0 Å². The summed E-state index contributed by atoms with van der Waals surface area (Å²) in [7, 11) is 0. The molecule has 0 radical (unpaired) electrons. The fourth-order valence-corrected chi connectivity index (χ4v) is 2.13. The summed E-state index contributed by atoms with van der Waals surface area (Å²) in [5.74, 6) is 0.616. The molecule has 2 heterocycles. The van der Waals surface area contributed by atoms with Gasteiger partial charge < -0.3 is 11.1 Å². The minimum atomic E-state index is -0.0138. The first-order chi connectivity index (χ1) is 9.60. The SMILES string of the molecule is CCC[C@@H](N)c1cnc(Nc2ccc(C)nc2)c(Cl)c1. The lowest BCUT2D eigenvalue weighted by Gasteiger charge is -2.13. The van der Waals surface area contributed by atoms with Crippen molar-refractivity contribution < 1.29 is 0 Å². The average molecular weight is 291 g/mol. The van der Waals surface area contributed by atoms with Crippen LogP contribution in [0.15, 0.2) is 30.6 Å². The molecule has 0 spiro atoms. The van der Waals surface area contributed by atoms with Crippen molar-refractivity contribution in [2.24, 2.45) is 5.73 Å². The van der Waals surface area contributed by atoms with Gasteiger partial charge in [0.05, 0.1) is 16.9 Å². The van der Waals surface area contributed by atoms with E-state index in [2.05, 4.69) is 22.2 Å². The molecule has 5 heteroatoms. The maximum atomic E-state index is 6.25. The molecule has 0 bridgehead atoms. The van der Waals surface area contributed by atoms with Crippen LogP contribution in [0.3, 0.4) is 0 Å². The van der Waals surface area contributed by atoms with E-state index in [4.69, 9.17) is 17.3 Å². The molecular formula is C15H19ClN4. The molecule has 0 saturated carbocycles. The topological polar surface area (TPSA) is 63.8 Å². The van der Waals surface area contributed by atoms with E-state index in [0.29, 0.717) is 10.8 Å². The van der Waals surface area contributed by atoms with E-state index >= 15 is 0 Å². The Morgan fingerprint density at radius 3 is 2.70 bits per heavy atom. The Morgan fingerprint density at radius 2 is 2.10 bits per heavy atom. The molecule has 1 atom stereocenters. The summed E-state index contributed by atoms with van der Waals surface area (Å²) in [5.41, 5.74) is 8.85. The second kappa shape index (κ2) is 6.68. The number of nitrogens with one attached hydrogen (secondary N) is 1. The first-order valence-electron chi connectivity index (χ1n) is 6.71. The molecule has 2 aromatic rings. The predicted octanol–water partition coefficient (Wildman–Crippen LogP) is 3.98. The second-order valence-corrected chi connectivity index (χ2v) is 5.21. The zero-order chi connectivity index (χ0) is 14.5. The molecule has 0 aliphatic carbocycles. The maximum Gasteiger partial charge on any atom is 0.149 e. The fraction of sp³-hybridized carbons (Fsp3) is 0.333. The largest absolute Gasteiger partial charge is 0.338 e. The monoisotopic (exact) mass is 290 g/mol. The molecule has 0 aliphatic rings. The highest BCUT2D eigenvalue weighted by Crippen LogP contribution is 2.26. The van der Waals surface area contributed by atoms with Gasteiger partial charge in [0.1, 0.15) is 5.82 Å². The average Bonchev–Trinajstić information content (AvgIpc) is 2.43. The van der Waals surface area contributed by atoms with Crippen molar-refractivity contribution in [2.45, 2.75) is 32.7 Å². The van der Waals surface area contributed by atoms with Gasteiger partial charge in [-0.1, -0.05) is 24.9 Å².